The number of hydrogen-bond donors (Lipinski definition) is 1. The number of aryl methyl sites for hydroxylation is 1. The third-order valence-corrected chi connectivity index (χ3v) is 5.20. The van der Waals surface area contributed by atoms with Gasteiger partial charge in [-0.2, -0.15) is 4.98 Å². The maximum atomic E-state index is 13.7. The van der Waals surface area contributed by atoms with Gasteiger partial charge < -0.3 is 9.84 Å². The number of rotatable bonds is 6. The summed E-state index contributed by atoms with van der Waals surface area (Å²) in [6.45, 7) is 2.00. The Morgan fingerprint density at radius 2 is 1.87 bits per heavy atom. The van der Waals surface area contributed by atoms with Crippen molar-refractivity contribution in [1.82, 2.24) is 15.1 Å². The van der Waals surface area contributed by atoms with Crippen molar-refractivity contribution >= 4 is 23.4 Å². The van der Waals surface area contributed by atoms with Gasteiger partial charge in [0.25, 0.3) is 5.89 Å². The third kappa shape index (κ3) is 5.13. The van der Waals surface area contributed by atoms with Gasteiger partial charge in [-0.05, 0) is 31.2 Å². The van der Waals surface area contributed by atoms with E-state index in [1.54, 1.807) is 18.3 Å². The largest absolute Gasteiger partial charge is 0.334 e. The van der Waals surface area contributed by atoms with Crippen molar-refractivity contribution < 1.29 is 18.1 Å². The standard InChI is InChI=1S/C22H16F2N4O2S/c1-13-2-4-14(5-3-13)21-27-22(30-28-21)15-8-9-25-20(10-15)31-12-19(29)26-18-11-16(23)6-7-17(18)24/h2-11H,12H2,1H3,(H,26,29). The number of anilines is 1. The normalized spacial score (nSPS) is 10.8. The molecule has 2 aromatic heterocycles. The van der Waals surface area contributed by atoms with E-state index in [1.165, 1.54) is 0 Å². The van der Waals surface area contributed by atoms with Gasteiger partial charge in [0.15, 0.2) is 0 Å². The Labute approximate surface area is 180 Å². The molecule has 0 bridgehead atoms. The molecule has 6 nitrogen and oxygen atoms in total. The fraction of sp³-hybridized carbons (Fsp3) is 0.0909. The van der Waals surface area contributed by atoms with Gasteiger partial charge in [-0.3, -0.25) is 4.79 Å². The average molecular weight is 438 g/mol. The summed E-state index contributed by atoms with van der Waals surface area (Å²) in [6.07, 6.45) is 1.57. The zero-order valence-corrected chi connectivity index (χ0v) is 17.1. The molecular weight excluding hydrogens is 422 g/mol. The predicted molar refractivity (Wildman–Crippen MR) is 113 cm³/mol. The Balaban J connectivity index is 1.42. The number of pyridine rings is 1. The molecule has 0 radical (unpaired) electrons. The number of carbonyl (C=O) groups excluding carboxylic acids is 1. The summed E-state index contributed by atoms with van der Waals surface area (Å²) in [4.78, 5) is 20.7. The molecule has 1 N–H and O–H groups in total. The minimum atomic E-state index is -0.708. The van der Waals surface area contributed by atoms with Crippen LogP contribution in [0.5, 0.6) is 0 Å². The second-order valence-corrected chi connectivity index (χ2v) is 7.63. The van der Waals surface area contributed by atoms with Gasteiger partial charge in [-0.15, -0.1) is 0 Å². The lowest BCUT2D eigenvalue weighted by Crippen LogP contribution is -2.15. The minimum absolute atomic E-state index is 0.0368. The number of halogens is 2. The highest BCUT2D eigenvalue weighted by Gasteiger charge is 2.13. The van der Waals surface area contributed by atoms with Crippen molar-refractivity contribution in [3.05, 3.63) is 78.0 Å². The van der Waals surface area contributed by atoms with Crippen LogP contribution in [0.1, 0.15) is 5.56 Å². The van der Waals surface area contributed by atoms with Crippen molar-refractivity contribution in [1.29, 1.82) is 0 Å². The van der Waals surface area contributed by atoms with Crippen LogP contribution in [0.3, 0.4) is 0 Å². The monoisotopic (exact) mass is 438 g/mol. The van der Waals surface area contributed by atoms with Gasteiger partial charge in [-0.1, -0.05) is 46.7 Å². The van der Waals surface area contributed by atoms with Gasteiger partial charge in [0.05, 0.1) is 16.5 Å². The molecule has 1 amide bonds. The number of amides is 1. The van der Waals surface area contributed by atoms with Crippen LogP contribution in [0, 0.1) is 18.6 Å². The Hall–Kier alpha value is -3.59. The van der Waals surface area contributed by atoms with Gasteiger partial charge in [0.2, 0.25) is 11.7 Å². The molecule has 156 valence electrons. The van der Waals surface area contributed by atoms with E-state index < -0.39 is 17.5 Å². The minimum Gasteiger partial charge on any atom is -0.334 e. The molecular formula is C22H16F2N4O2S. The van der Waals surface area contributed by atoms with E-state index >= 15 is 0 Å². The first kappa shape index (κ1) is 20.7. The molecule has 0 aliphatic carbocycles. The second kappa shape index (κ2) is 9.05. The molecule has 0 unspecified atom stereocenters. The van der Waals surface area contributed by atoms with E-state index in [0.717, 1.165) is 41.1 Å². The molecule has 0 fully saturated rings. The van der Waals surface area contributed by atoms with E-state index in [-0.39, 0.29) is 11.4 Å². The quantitative estimate of drug-likeness (QED) is 0.421. The Morgan fingerprint density at radius 3 is 2.68 bits per heavy atom. The molecule has 0 saturated carbocycles. The van der Waals surface area contributed by atoms with E-state index in [1.807, 2.05) is 31.2 Å². The molecule has 9 heteroatoms. The highest BCUT2D eigenvalue weighted by atomic mass is 32.2. The lowest BCUT2D eigenvalue weighted by atomic mass is 10.1. The topological polar surface area (TPSA) is 80.9 Å². The number of nitrogens with zero attached hydrogens (tertiary/aromatic N) is 3. The van der Waals surface area contributed by atoms with Crippen LogP contribution in [-0.2, 0) is 4.79 Å². The molecule has 0 aliphatic heterocycles. The molecule has 4 rings (SSSR count). The number of carbonyl (C=O) groups is 1. The summed E-state index contributed by atoms with van der Waals surface area (Å²) in [5.41, 5.74) is 2.42. The van der Waals surface area contributed by atoms with Crippen LogP contribution in [-0.4, -0.2) is 26.8 Å². The smallest absolute Gasteiger partial charge is 0.258 e. The van der Waals surface area contributed by atoms with Crippen LogP contribution in [0.25, 0.3) is 22.8 Å². The summed E-state index contributed by atoms with van der Waals surface area (Å²) in [6, 6.07) is 14.1. The van der Waals surface area contributed by atoms with Crippen LogP contribution in [0.4, 0.5) is 14.5 Å². The summed E-state index contributed by atoms with van der Waals surface area (Å²) in [5, 5.41) is 6.91. The van der Waals surface area contributed by atoms with E-state index in [2.05, 4.69) is 20.4 Å². The maximum Gasteiger partial charge on any atom is 0.258 e. The zero-order valence-electron chi connectivity index (χ0n) is 16.3. The van der Waals surface area contributed by atoms with Crippen molar-refractivity contribution in [2.24, 2.45) is 0 Å². The van der Waals surface area contributed by atoms with Crippen LogP contribution in [0.15, 0.2) is 70.3 Å². The first-order chi connectivity index (χ1) is 15.0. The molecule has 2 aromatic carbocycles. The average Bonchev–Trinajstić information content (AvgIpc) is 3.26. The molecule has 0 saturated heterocycles. The van der Waals surface area contributed by atoms with Crippen molar-refractivity contribution in [2.45, 2.75) is 11.9 Å². The highest BCUT2D eigenvalue weighted by Crippen LogP contribution is 2.25. The summed E-state index contributed by atoms with van der Waals surface area (Å²) >= 11 is 1.14. The van der Waals surface area contributed by atoms with Crippen LogP contribution >= 0.6 is 11.8 Å². The molecule has 2 heterocycles. The number of benzene rings is 2. The fourth-order valence-corrected chi connectivity index (χ4v) is 3.40. The van der Waals surface area contributed by atoms with Gasteiger partial charge in [0.1, 0.15) is 11.6 Å². The number of hydrogen-bond acceptors (Lipinski definition) is 6. The first-order valence-corrected chi connectivity index (χ1v) is 10.2. The van der Waals surface area contributed by atoms with Crippen molar-refractivity contribution in [2.75, 3.05) is 11.1 Å². The summed E-state index contributed by atoms with van der Waals surface area (Å²) in [5.74, 6) is -1.07. The van der Waals surface area contributed by atoms with Gasteiger partial charge in [-0.25, -0.2) is 13.8 Å². The molecule has 0 atom stereocenters. The molecule has 31 heavy (non-hydrogen) atoms. The highest BCUT2D eigenvalue weighted by molar-refractivity contribution is 7.99. The number of nitrogens with one attached hydrogen (secondary N) is 1. The van der Waals surface area contributed by atoms with Crippen molar-refractivity contribution in [3.63, 3.8) is 0 Å². The first-order valence-electron chi connectivity index (χ1n) is 9.23. The van der Waals surface area contributed by atoms with Gasteiger partial charge >= 0.3 is 0 Å². The van der Waals surface area contributed by atoms with E-state index in [0.29, 0.717) is 22.3 Å². The van der Waals surface area contributed by atoms with Gasteiger partial charge in [0, 0.05) is 23.4 Å². The zero-order chi connectivity index (χ0) is 21.8. The fourth-order valence-electron chi connectivity index (χ4n) is 2.70. The maximum absolute atomic E-state index is 13.7. The Kier molecular flexibility index (Phi) is 6.03. The van der Waals surface area contributed by atoms with Crippen LogP contribution < -0.4 is 5.32 Å². The summed E-state index contributed by atoms with van der Waals surface area (Å²) < 4.78 is 32.2. The van der Waals surface area contributed by atoms with E-state index in [9.17, 15) is 13.6 Å². The third-order valence-electron chi connectivity index (χ3n) is 4.27. The predicted octanol–water partition coefficient (Wildman–Crippen LogP) is 5.12. The molecule has 0 spiro atoms. The Bertz CT molecular complexity index is 1230. The number of aromatic nitrogens is 3. The summed E-state index contributed by atoms with van der Waals surface area (Å²) in [7, 11) is 0. The molecule has 0 aliphatic rings. The van der Waals surface area contributed by atoms with E-state index in [4.69, 9.17) is 4.52 Å². The molecule has 4 aromatic rings. The number of thioether (sulfide) groups is 1. The second-order valence-electron chi connectivity index (χ2n) is 6.63. The SMILES string of the molecule is Cc1ccc(-c2noc(-c3ccnc(SCC(=O)Nc4cc(F)ccc4F)c3)n2)cc1. The lowest BCUT2D eigenvalue weighted by molar-refractivity contribution is -0.113. The van der Waals surface area contributed by atoms with Crippen molar-refractivity contribution in [3.8, 4) is 22.8 Å². The van der Waals surface area contributed by atoms with Crippen LogP contribution in [0.2, 0.25) is 0 Å². The Morgan fingerprint density at radius 1 is 1.06 bits per heavy atom. The lowest BCUT2D eigenvalue weighted by Gasteiger charge is -2.06.